The van der Waals surface area contributed by atoms with E-state index in [0.29, 0.717) is 12.0 Å². The fourth-order valence-corrected chi connectivity index (χ4v) is 7.90. The lowest BCUT2D eigenvalue weighted by atomic mass is 9.95. The van der Waals surface area contributed by atoms with Crippen molar-refractivity contribution in [2.75, 3.05) is 44.2 Å². The van der Waals surface area contributed by atoms with Gasteiger partial charge in [-0.25, -0.2) is 13.2 Å². The highest BCUT2D eigenvalue weighted by atomic mass is 35.5. The monoisotopic (exact) mass is 660 g/mol. The van der Waals surface area contributed by atoms with E-state index in [2.05, 4.69) is 22.5 Å². The third-order valence-electron chi connectivity index (χ3n) is 9.89. The normalized spacial score (nSPS) is 19.3. The van der Waals surface area contributed by atoms with Gasteiger partial charge in [0.05, 0.1) is 34.7 Å². The molecule has 47 heavy (non-hydrogen) atoms. The zero-order valence-corrected chi connectivity index (χ0v) is 26.4. The van der Waals surface area contributed by atoms with Crippen LogP contribution in [0.25, 0.3) is 32.8 Å². The van der Waals surface area contributed by atoms with E-state index in [9.17, 15) is 14.4 Å². The summed E-state index contributed by atoms with van der Waals surface area (Å²) < 4.78 is 53.9. The van der Waals surface area contributed by atoms with Crippen LogP contribution in [0.2, 0.25) is 5.02 Å². The molecule has 0 unspecified atom stereocenters. The first-order valence-corrected chi connectivity index (χ1v) is 16.1. The third-order valence-corrected chi connectivity index (χ3v) is 10.3. The molecule has 3 saturated heterocycles. The van der Waals surface area contributed by atoms with Gasteiger partial charge in [-0.15, -0.1) is 0 Å². The number of halogens is 4. The van der Waals surface area contributed by atoms with Gasteiger partial charge in [-0.05, 0) is 67.9 Å². The van der Waals surface area contributed by atoms with Gasteiger partial charge in [-0.1, -0.05) is 42.4 Å². The number of fused-ring (bicyclic) bond motifs is 3. The van der Waals surface area contributed by atoms with E-state index in [1.165, 1.54) is 30.3 Å². The minimum Gasteiger partial charge on any atom is -0.461 e. The molecular formula is C35H32ClF3N6O2. The summed E-state index contributed by atoms with van der Waals surface area (Å²) in [7, 11) is 0. The fraction of sp³-hybridized carbons (Fsp3) is 0.371. The number of hydrogen-bond acceptors (Lipinski definition) is 7. The third kappa shape index (κ3) is 5.33. The topological polar surface area (TPSA) is 85.6 Å². The van der Waals surface area contributed by atoms with E-state index < -0.39 is 29.1 Å². The molecule has 1 atom stereocenters. The Bertz CT molecular complexity index is 1960. The molecule has 1 aromatic heterocycles. The second-order valence-electron chi connectivity index (χ2n) is 12.4. The number of carbonyl (C=O) groups excluding carboxylic acids is 1. The molecule has 0 radical (unpaired) electrons. The van der Waals surface area contributed by atoms with Crippen molar-refractivity contribution in [3.05, 3.63) is 71.5 Å². The van der Waals surface area contributed by atoms with Gasteiger partial charge >= 0.3 is 6.01 Å². The van der Waals surface area contributed by atoms with Crippen LogP contribution < -0.4 is 9.64 Å². The maximum atomic E-state index is 16.8. The molecular weight excluding hydrogens is 629 g/mol. The van der Waals surface area contributed by atoms with Gasteiger partial charge in [-0.3, -0.25) is 9.69 Å². The number of anilines is 1. The summed E-state index contributed by atoms with van der Waals surface area (Å²) >= 11 is 6.35. The van der Waals surface area contributed by atoms with Crippen molar-refractivity contribution in [2.45, 2.75) is 43.7 Å². The van der Waals surface area contributed by atoms with Crippen LogP contribution in [0.5, 0.6) is 6.01 Å². The molecule has 0 aliphatic carbocycles. The number of nitrogens with zero attached hydrogens (tertiary/aromatic N) is 6. The maximum Gasteiger partial charge on any atom is 0.319 e. The lowest BCUT2D eigenvalue weighted by Crippen LogP contribution is -2.55. The van der Waals surface area contributed by atoms with Crippen molar-refractivity contribution in [1.29, 1.82) is 5.26 Å². The second-order valence-corrected chi connectivity index (χ2v) is 12.8. The van der Waals surface area contributed by atoms with Crippen molar-refractivity contribution in [3.8, 4) is 23.2 Å². The Morgan fingerprint density at radius 2 is 1.89 bits per heavy atom. The predicted octanol–water partition coefficient (Wildman–Crippen LogP) is 6.64. The van der Waals surface area contributed by atoms with E-state index in [-0.39, 0.29) is 76.2 Å². The minimum atomic E-state index is -0.961. The summed E-state index contributed by atoms with van der Waals surface area (Å²) in [4.78, 5) is 27.6. The van der Waals surface area contributed by atoms with E-state index in [1.807, 2.05) is 4.90 Å². The average Bonchev–Trinajstić information content (AvgIpc) is 3.66. The van der Waals surface area contributed by atoms with Crippen LogP contribution in [0.3, 0.4) is 0 Å². The van der Waals surface area contributed by atoms with Crippen molar-refractivity contribution in [2.24, 2.45) is 0 Å². The molecule has 0 N–H and O–H groups in total. The van der Waals surface area contributed by atoms with E-state index in [4.69, 9.17) is 21.3 Å². The Balaban J connectivity index is 1.37. The Morgan fingerprint density at radius 1 is 1.11 bits per heavy atom. The molecule has 12 heteroatoms. The molecule has 4 heterocycles. The smallest absolute Gasteiger partial charge is 0.319 e. The number of carbonyl (C=O) groups is 1. The van der Waals surface area contributed by atoms with E-state index >= 15 is 8.78 Å². The first kappa shape index (κ1) is 31.2. The molecule has 8 nitrogen and oxygen atoms in total. The van der Waals surface area contributed by atoms with Crippen LogP contribution in [-0.4, -0.2) is 76.6 Å². The van der Waals surface area contributed by atoms with Crippen LogP contribution in [0.1, 0.15) is 32.1 Å². The molecule has 3 aromatic carbocycles. The lowest BCUT2D eigenvalue weighted by molar-refractivity contribution is -0.128. The Morgan fingerprint density at radius 3 is 2.64 bits per heavy atom. The van der Waals surface area contributed by atoms with Gasteiger partial charge in [0, 0.05) is 30.4 Å². The quantitative estimate of drug-likeness (QED) is 0.205. The van der Waals surface area contributed by atoms with Crippen molar-refractivity contribution >= 4 is 45.0 Å². The van der Waals surface area contributed by atoms with Gasteiger partial charge in [0.1, 0.15) is 29.6 Å². The zero-order valence-electron chi connectivity index (χ0n) is 25.6. The summed E-state index contributed by atoms with van der Waals surface area (Å²) in [6.45, 7) is 6.62. The molecule has 4 aromatic rings. The van der Waals surface area contributed by atoms with Gasteiger partial charge in [0.2, 0.25) is 5.91 Å². The van der Waals surface area contributed by atoms with Crippen LogP contribution in [0.4, 0.5) is 19.0 Å². The molecule has 1 amide bonds. The van der Waals surface area contributed by atoms with Crippen LogP contribution in [-0.2, 0) is 4.79 Å². The number of ether oxygens (including phenoxy) is 1. The standard InChI is InChI=1S/C35H32ClF3N6O2/c1-2-27(46)45-17-16-43(19-22(45)10-13-40)33-24-18-26(38)29(23-7-3-6-21-8-9-25(37)30(36)28(21)23)31(39)32(24)41-34(42-33)47-20-35-11-4-14-44(35)15-5-12-35/h2-3,6-9,18,22H,1,4-5,10-12,14-17,19-20H2/t22-/m0/s1. The molecule has 3 aliphatic rings. The first-order valence-electron chi connectivity index (χ1n) is 15.7. The van der Waals surface area contributed by atoms with Gasteiger partial charge in [-0.2, -0.15) is 15.2 Å². The zero-order chi connectivity index (χ0) is 32.9. The highest BCUT2D eigenvalue weighted by molar-refractivity contribution is 6.37. The predicted molar refractivity (Wildman–Crippen MR) is 174 cm³/mol. The van der Waals surface area contributed by atoms with Gasteiger partial charge < -0.3 is 14.5 Å². The summed E-state index contributed by atoms with van der Waals surface area (Å²) in [6, 6.07) is 10.3. The summed E-state index contributed by atoms with van der Waals surface area (Å²) in [6.07, 6.45) is 5.33. The largest absolute Gasteiger partial charge is 0.461 e. The van der Waals surface area contributed by atoms with Crippen LogP contribution >= 0.6 is 11.6 Å². The number of piperazine rings is 1. The first-order chi connectivity index (χ1) is 22.7. The second kappa shape index (κ2) is 12.3. The SMILES string of the molecule is C=CC(=O)N1CCN(c2nc(OCC34CCCN3CCC4)nc3c(F)c(-c4cccc5ccc(F)c(Cl)c45)c(F)cc23)C[C@@H]1CC#N. The molecule has 7 rings (SSSR count). The molecule has 0 spiro atoms. The van der Waals surface area contributed by atoms with Crippen molar-refractivity contribution < 1.29 is 22.7 Å². The molecule has 0 bridgehead atoms. The highest BCUT2D eigenvalue weighted by Crippen LogP contribution is 2.42. The molecule has 3 fully saturated rings. The number of benzene rings is 3. The summed E-state index contributed by atoms with van der Waals surface area (Å²) in [5.74, 6) is -2.64. The summed E-state index contributed by atoms with van der Waals surface area (Å²) in [5.41, 5.74) is -0.613. The van der Waals surface area contributed by atoms with Crippen LogP contribution in [0.15, 0.2) is 49.1 Å². The molecule has 0 saturated carbocycles. The summed E-state index contributed by atoms with van der Waals surface area (Å²) in [5, 5.41) is 10.1. The number of nitriles is 1. The Labute approximate surface area is 275 Å². The van der Waals surface area contributed by atoms with Crippen molar-refractivity contribution in [3.63, 3.8) is 0 Å². The highest BCUT2D eigenvalue weighted by Gasteiger charge is 2.45. The average molecular weight is 661 g/mol. The fourth-order valence-electron chi connectivity index (χ4n) is 7.63. The van der Waals surface area contributed by atoms with Gasteiger partial charge in [0.25, 0.3) is 0 Å². The molecule has 3 aliphatic heterocycles. The van der Waals surface area contributed by atoms with Crippen LogP contribution in [0, 0.1) is 28.8 Å². The number of aromatic nitrogens is 2. The number of rotatable bonds is 7. The minimum absolute atomic E-state index is 0.0477. The van der Waals surface area contributed by atoms with Crippen molar-refractivity contribution in [1.82, 2.24) is 19.8 Å². The number of hydrogen-bond donors (Lipinski definition) is 0. The Hall–Kier alpha value is -4.40. The Kier molecular flexibility index (Phi) is 8.18. The lowest BCUT2D eigenvalue weighted by Gasteiger charge is -2.41. The van der Waals surface area contributed by atoms with Gasteiger partial charge in [0.15, 0.2) is 5.82 Å². The number of amides is 1. The molecule has 242 valence electrons. The van der Waals surface area contributed by atoms with E-state index in [0.717, 1.165) is 38.8 Å². The maximum absolute atomic E-state index is 16.8. The van der Waals surface area contributed by atoms with E-state index in [1.54, 1.807) is 17.0 Å².